The fourth-order valence-electron chi connectivity index (χ4n) is 5.49. The van der Waals surface area contributed by atoms with Crippen LogP contribution < -0.4 is 10.1 Å². The quantitative estimate of drug-likeness (QED) is 0.443. The van der Waals surface area contributed by atoms with Crippen molar-refractivity contribution in [2.75, 3.05) is 20.3 Å². The van der Waals surface area contributed by atoms with Crippen LogP contribution in [0, 0.1) is 0 Å². The molecule has 2 fully saturated rings. The first-order chi connectivity index (χ1) is 18.5. The number of aromatic hydroxyl groups is 1. The number of fused-ring (bicyclic) bond motifs is 1. The third-order valence-corrected chi connectivity index (χ3v) is 7.48. The smallest absolute Gasteiger partial charge is 0.247 e. The highest BCUT2D eigenvalue weighted by atomic mass is 16.5. The number of carbonyl (C=O) groups is 2. The molecule has 10 heteroatoms. The summed E-state index contributed by atoms with van der Waals surface area (Å²) in [6.45, 7) is 0.798. The fraction of sp³-hybridized carbons (Fsp3) is 0.500. The maximum Gasteiger partial charge on any atom is 0.247 e. The van der Waals surface area contributed by atoms with Gasteiger partial charge in [0.25, 0.3) is 0 Å². The molecule has 1 aromatic heterocycles. The van der Waals surface area contributed by atoms with E-state index in [4.69, 9.17) is 9.47 Å². The Labute approximate surface area is 221 Å². The molecule has 1 aliphatic heterocycles. The number of phenolic OH excluding ortho intramolecular Hbond substituents is 1. The molecule has 10 nitrogen and oxygen atoms in total. The number of nitrogens with one attached hydrogen (secondary N) is 1. The molecular weight excluding hydrogens is 486 g/mol. The summed E-state index contributed by atoms with van der Waals surface area (Å²) in [5.41, 5.74) is 1.94. The molecule has 2 N–H and O–H groups in total. The van der Waals surface area contributed by atoms with Crippen molar-refractivity contribution < 1.29 is 24.2 Å². The van der Waals surface area contributed by atoms with Gasteiger partial charge in [-0.25, -0.2) is 4.68 Å². The van der Waals surface area contributed by atoms with Crippen LogP contribution in [0.15, 0.2) is 42.5 Å². The van der Waals surface area contributed by atoms with Crippen LogP contribution in [0.25, 0.3) is 11.0 Å². The SMILES string of the molecule is COc1ccc([C@@H](C(=O)NC2CCCCC2)N(C[C@H]2CCCO2)C(=O)Cn2nnc3ccccc32)cc1O. The molecule has 0 unspecified atom stereocenters. The zero-order valence-corrected chi connectivity index (χ0v) is 21.7. The summed E-state index contributed by atoms with van der Waals surface area (Å²) in [7, 11) is 1.47. The third-order valence-electron chi connectivity index (χ3n) is 7.48. The van der Waals surface area contributed by atoms with Crippen molar-refractivity contribution in [2.24, 2.45) is 0 Å². The number of carbonyl (C=O) groups excluding carboxylic acids is 2. The number of hydrogen-bond donors (Lipinski definition) is 2. The number of aromatic nitrogens is 3. The Morgan fingerprint density at radius 2 is 1.97 bits per heavy atom. The minimum atomic E-state index is -0.958. The Kier molecular flexibility index (Phi) is 8.07. The van der Waals surface area contributed by atoms with Crippen LogP contribution in [-0.2, 0) is 20.9 Å². The first kappa shape index (κ1) is 26.0. The van der Waals surface area contributed by atoms with Crippen LogP contribution >= 0.6 is 0 Å². The maximum absolute atomic E-state index is 14.0. The number of rotatable bonds is 9. The van der Waals surface area contributed by atoms with Crippen molar-refractivity contribution >= 4 is 22.8 Å². The second kappa shape index (κ2) is 11.8. The number of ether oxygens (including phenoxy) is 2. The zero-order chi connectivity index (χ0) is 26.5. The van der Waals surface area contributed by atoms with Gasteiger partial charge in [0.2, 0.25) is 11.8 Å². The molecule has 38 heavy (non-hydrogen) atoms. The van der Waals surface area contributed by atoms with Gasteiger partial charge in [-0.3, -0.25) is 9.59 Å². The molecule has 1 saturated carbocycles. The molecule has 202 valence electrons. The molecule has 0 spiro atoms. The topological polar surface area (TPSA) is 119 Å². The average molecular weight is 522 g/mol. The van der Waals surface area contributed by atoms with Gasteiger partial charge < -0.3 is 24.8 Å². The molecule has 2 amide bonds. The van der Waals surface area contributed by atoms with Gasteiger partial charge in [0.05, 0.1) is 18.7 Å². The van der Waals surface area contributed by atoms with E-state index in [0.717, 1.165) is 50.5 Å². The normalized spacial score (nSPS) is 18.8. The molecule has 0 radical (unpaired) electrons. The molecule has 2 aliphatic rings. The van der Waals surface area contributed by atoms with E-state index in [0.29, 0.717) is 23.4 Å². The number of amides is 2. The lowest BCUT2D eigenvalue weighted by Gasteiger charge is -2.34. The maximum atomic E-state index is 14.0. The van der Waals surface area contributed by atoms with Crippen molar-refractivity contribution in [1.29, 1.82) is 0 Å². The van der Waals surface area contributed by atoms with Gasteiger partial charge in [-0.1, -0.05) is 42.7 Å². The summed E-state index contributed by atoms with van der Waals surface area (Å²) in [5, 5.41) is 22.1. The van der Waals surface area contributed by atoms with Crippen LogP contribution in [0.4, 0.5) is 0 Å². The Balaban J connectivity index is 1.50. The molecular formula is C28H35N5O5. The van der Waals surface area contributed by atoms with E-state index < -0.39 is 6.04 Å². The fourth-order valence-corrected chi connectivity index (χ4v) is 5.49. The van der Waals surface area contributed by atoms with Gasteiger partial charge in [0.1, 0.15) is 18.1 Å². The summed E-state index contributed by atoms with van der Waals surface area (Å²) < 4.78 is 12.7. The van der Waals surface area contributed by atoms with E-state index in [1.807, 2.05) is 24.3 Å². The monoisotopic (exact) mass is 521 g/mol. The van der Waals surface area contributed by atoms with Gasteiger partial charge in [-0.2, -0.15) is 0 Å². The summed E-state index contributed by atoms with van der Waals surface area (Å²) in [5.74, 6) is -0.343. The standard InChI is InChI=1S/C28H35N5O5/c1-37-25-14-13-19(16-24(25)34)27(28(36)29-20-8-3-2-4-9-20)32(17-21-10-7-15-38-21)26(35)18-33-23-12-6-5-11-22(23)30-31-33/h5-6,11-14,16,20-21,27,34H,2-4,7-10,15,17-18H2,1H3,(H,29,36)/t21-,27+/m1/s1. The van der Waals surface area contributed by atoms with Gasteiger partial charge in [0, 0.05) is 19.2 Å². The van der Waals surface area contributed by atoms with Gasteiger partial charge >= 0.3 is 0 Å². The number of methoxy groups -OCH3 is 1. The number of nitrogens with zero attached hydrogens (tertiary/aromatic N) is 4. The van der Waals surface area contributed by atoms with Crippen LogP contribution in [-0.4, -0.2) is 69.2 Å². The highest BCUT2D eigenvalue weighted by Gasteiger charge is 2.36. The van der Waals surface area contributed by atoms with E-state index in [9.17, 15) is 14.7 Å². The Hall–Kier alpha value is -3.66. The molecule has 0 bridgehead atoms. The molecule has 3 aromatic rings. The van der Waals surface area contributed by atoms with E-state index in [2.05, 4.69) is 15.6 Å². The largest absolute Gasteiger partial charge is 0.504 e. The molecule has 2 aromatic carbocycles. The second-order valence-corrected chi connectivity index (χ2v) is 10.1. The highest BCUT2D eigenvalue weighted by Crippen LogP contribution is 2.33. The summed E-state index contributed by atoms with van der Waals surface area (Å²) >= 11 is 0. The van der Waals surface area contributed by atoms with Crippen LogP contribution in [0.2, 0.25) is 0 Å². The van der Waals surface area contributed by atoms with Crippen molar-refractivity contribution in [1.82, 2.24) is 25.2 Å². The van der Waals surface area contributed by atoms with Crippen molar-refractivity contribution in [3.05, 3.63) is 48.0 Å². The third kappa shape index (κ3) is 5.75. The van der Waals surface area contributed by atoms with Crippen LogP contribution in [0.5, 0.6) is 11.5 Å². The number of benzene rings is 2. The minimum absolute atomic E-state index is 0.0598. The number of para-hydroxylation sites is 1. The van der Waals surface area contributed by atoms with E-state index >= 15 is 0 Å². The number of hydrogen-bond acceptors (Lipinski definition) is 7. The second-order valence-electron chi connectivity index (χ2n) is 10.1. The highest BCUT2D eigenvalue weighted by molar-refractivity contribution is 5.89. The zero-order valence-electron chi connectivity index (χ0n) is 21.7. The summed E-state index contributed by atoms with van der Waals surface area (Å²) in [6.07, 6.45) is 6.66. The number of phenols is 1. The first-order valence-corrected chi connectivity index (χ1v) is 13.4. The van der Waals surface area contributed by atoms with Crippen molar-refractivity contribution in [3.63, 3.8) is 0 Å². The van der Waals surface area contributed by atoms with Gasteiger partial charge in [-0.05, 0) is 55.5 Å². The summed E-state index contributed by atoms with van der Waals surface area (Å²) in [6, 6.07) is 11.4. The lowest BCUT2D eigenvalue weighted by molar-refractivity contribution is -0.143. The predicted octanol–water partition coefficient (Wildman–Crippen LogP) is 3.34. The van der Waals surface area contributed by atoms with Crippen molar-refractivity contribution in [2.45, 2.75) is 69.7 Å². The molecule has 2 heterocycles. The Morgan fingerprint density at radius 1 is 1.16 bits per heavy atom. The molecule has 5 rings (SSSR count). The van der Waals surface area contributed by atoms with Crippen LogP contribution in [0.1, 0.15) is 56.6 Å². The predicted molar refractivity (Wildman–Crippen MR) is 141 cm³/mol. The lowest BCUT2D eigenvalue weighted by atomic mass is 9.94. The van der Waals surface area contributed by atoms with Gasteiger partial charge in [-0.15, -0.1) is 5.10 Å². The summed E-state index contributed by atoms with van der Waals surface area (Å²) in [4.78, 5) is 29.5. The molecule has 1 saturated heterocycles. The Morgan fingerprint density at radius 3 is 2.71 bits per heavy atom. The van der Waals surface area contributed by atoms with E-state index in [1.54, 1.807) is 21.7 Å². The van der Waals surface area contributed by atoms with Crippen LogP contribution in [0.3, 0.4) is 0 Å². The average Bonchev–Trinajstić information content (AvgIpc) is 3.59. The first-order valence-electron chi connectivity index (χ1n) is 13.4. The lowest BCUT2D eigenvalue weighted by Crippen LogP contribution is -2.49. The van der Waals surface area contributed by atoms with Gasteiger partial charge in [0.15, 0.2) is 11.5 Å². The minimum Gasteiger partial charge on any atom is -0.504 e. The molecule has 2 atom stereocenters. The van der Waals surface area contributed by atoms with E-state index in [1.165, 1.54) is 13.2 Å². The van der Waals surface area contributed by atoms with Crippen molar-refractivity contribution in [3.8, 4) is 11.5 Å². The molecule has 1 aliphatic carbocycles. The Bertz CT molecular complexity index is 1270. The van der Waals surface area contributed by atoms with E-state index in [-0.39, 0.29) is 42.8 Å².